The maximum absolute atomic E-state index is 5.68. The number of ether oxygens (including phenoxy) is 3. The molecule has 0 amide bonds. The molecule has 4 nitrogen and oxygen atoms in total. The monoisotopic (exact) mass is 275 g/mol. The predicted molar refractivity (Wildman–Crippen MR) is 75.3 cm³/mol. The third kappa shape index (κ3) is 4.27. The van der Waals surface area contributed by atoms with E-state index < -0.39 is 0 Å². The molecule has 0 spiro atoms. The first-order valence-corrected chi connectivity index (χ1v) is 5.74. The average Bonchev–Trinajstić information content (AvgIpc) is 2.30. The van der Waals surface area contributed by atoms with Crippen LogP contribution in [0.25, 0.3) is 0 Å². The first-order chi connectivity index (χ1) is 8.12. The number of rotatable bonds is 6. The van der Waals surface area contributed by atoms with Crippen molar-refractivity contribution in [3.8, 4) is 17.2 Å². The molecule has 18 heavy (non-hydrogen) atoms. The van der Waals surface area contributed by atoms with Gasteiger partial charge in [0.1, 0.15) is 5.75 Å². The number of hydrogen-bond donors (Lipinski definition) is 1. The minimum absolute atomic E-state index is 0. The number of hydrogen-bond acceptors (Lipinski definition) is 4. The molecular formula is C13H22ClNO3. The van der Waals surface area contributed by atoms with Gasteiger partial charge in [-0.25, -0.2) is 0 Å². The van der Waals surface area contributed by atoms with Gasteiger partial charge in [0.25, 0.3) is 0 Å². The van der Waals surface area contributed by atoms with E-state index in [1.165, 1.54) is 0 Å². The van der Waals surface area contributed by atoms with E-state index in [4.69, 9.17) is 19.9 Å². The van der Waals surface area contributed by atoms with Crippen LogP contribution in [0.4, 0.5) is 0 Å². The van der Waals surface area contributed by atoms with Gasteiger partial charge in [-0.15, -0.1) is 12.4 Å². The third-order valence-corrected chi connectivity index (χ3v) is 2.34. The second-order valence-electron chi connectivity index (χ2n) is 4.02. The van der Waals surface area contributed by atoms with Crippen LogP contribution in [-0.2, 0) is 6.42 Å². The van der Waals surface area contributed by atoms with Crippen LogP contribution in [0.15, 0.2) is 12.1 Å². The van der Waals surface area contributed by atoms with Crippen LogP contribution in [0.5, 0.6) is 17.2 Å². The second kappa shape index (κ2) is 8.06. The van der Waals surface area contributed by atoms with Crippen LogP contribution in [0, 0.1) is 0 Å². The highest BCUT2D eigenvalue weighted by atomic mass is 35.5. The van der Waals surface area contributed by atoms with Gasteiger partial charge in [0.05, 0.1) is 20.3 Å². The summed E-state index contributed by atoms with van der Waals surface area (Å²) < 4.78 is 16.3. The summed E-state index contributed by atoms with van der Waals surface area (Å²) in [7, 11) is 3.27. The molecule has 0 unspecified atom stereocenters. The smallest absolute Gasteiger partial charge is 0.165 e. The standard InChI is InChI=1S/C13H21NO3.ClH/c1-9(2)17-13-8-11(15-3)10(5-6-14)7-12(13)16-4;/h7-9H,5-6,14H2,1-4H3;1H. The molecule has 0 bridgehead atoms. The summed E-state index contributed by atoms with van der Waals surface area (Å²) in [4.78, 5) is 0. The fraction of sp³-hybridized carbons (Fsp3) is 0.538. The van der Waals surface area contributed by atoms with E-state index in [-0.39, 0.29) is 18.5 Å². The predicted octanol–water partition coefficient (Wildman–Crippen LogP) is 2.41. The molecule has 104 valence electrons. The van der Waals surface area contributed by atoms with Crippen molar-refractivity contribution in [1.82, 2.24) is 0 Å². The second-order valence-corrected chi connectivity index (χ2v) is 4.02. The minimum atomic E-state index is 0. The molecule has 0 saturated heterocycles. The fourth-order valence-corrected chi connectivity index (χ4v) is 1.63. The Morgan fingerprint density at radius 2 is 1.67 bits per heavy atom. The van der Waals surface area contributed by atoms with Gasteiger partial charge < -0.3 is 19.9 Å². The van der Waals surface area contributed by atoms with E-state index in [9.17, 15) is 0 Å². The molecule has 0 fully saturated rings. The Labute approximate surface area is 115 Å². The molecule has 1 aromatic rings. The topological polar surface area (TPSA) is 53.7 Å². The quantitative estimate of drug-likeness (QED) is 0.866. The Balaban J connectivity index is 0.00000289. The van der Waals surface area contributed by atoms with Crippen molar-refractivity contribution in [2.45, 2.75) is 26.4 Å². The normalized spacial score (nSPS) is 9.89. The first kappa shape index (κ1) is 16.9. The Bertz CT molecular complexity index is 369. The molecular weight excluding hydrogens is 254 g/mol. The molecule has 1 aromatic carbocycles. The van der Waals surface area contributed by atoms with Crippen LogP contribution >= 0.6 is 12.4 Å². The maximum atomic E-state index is 5.68. The Hall–Kier alpha value is -1.13. The Morgan fingerprint density at radius 1 is 1.06 bits per heavy atom. The SMILES string of the molecule is COc1cc(OC(C)C)c(OC)cc1CCN.Cl. The lowest BCUT2D eigenvalue weighted by Crippen LogP contribution is -2.09. The largest absolute Gasteiger partial charge is 0.496 e. The van der Waals surface area contributed by atoms with Gasteiger partial charge in [-0.2, -0.15) is 0 Å². The number of halogens is 1. The summed E-state index contributed by atoms with van der Waals surface area (Å²) >= 11 is 0. The lowest BCUT2D eigenvalue weighted by atomic mass is 10.1. The maximum Gasteiger partial charge on any atom is 0.165 e. The molecule has 0 radical (unpaired) electrons. The van der Waals surface area contributed by atoms with E-state index in [2.05, 4.69) is 0 Å². The molecule has 1 rings (SSSR count). The van der Waals surface area contributed by atoms with Gasteiger partial charge >= 0.3 is 0 Å². The Morgan fingerprint density at radius 3 is 2.11 bits per heavy atom. The average molecular weight is 276 g/mol. The van der Waals surface area contributed by atoms with Gasteiger partial charge in [-0.05, 0) is 38.4 Å². The van der Waals surface area contributed by atoms with Crippen molar-refractivity contribution in [2.24, 2.45) is 5.73 Å². The van der Waals surface area contributed by atoms with E-state index >= 15 is 0 Å². The lowest BCUT2D eigenvalue weighted by molar-refractivity contribution is 0.228. The van der Waals surface area contributed by atoms with Crippen LogP contribution in [-0.4, -0.2) is 26.9 Å². The zero-order valence-electron chi connectivity index (χ0n) is 11.4. The summed E-state index contributed by atoms with van der Waals surface area (Å²) in [5.74, 6) is 2.19. The van der Waals surface area contributed by atoms with E-state index in [1.54, 1.807) is 14.2 Å². The third-order valence-electron chi connectivity index (χ3n) is 2.34. The highest BCUT2D eigenvalue weighted by Crippen LogP contribution is 2.35. The summed E-state index contributed by atoms with van der Waals surface area (Å²) in [6, 6.07) is 3.77. The van der Waals surface area contributed by atoms with Gasteiger partial charge in [0.2, 0.25) is 0 Å². The molecule has 0 atom stereocenters. The van der Waals surface area contributed by atoms with Crippen LogP contribution in [0.3, 0.4) is 0 Å². The molecule has 0 saturated carbocycles. The van der Waals surface area contributed by atoms with E-state index in [0.717, 1.165) is 17.7 Å². The van der Waals surface area contributed by atoms with Crippen molar-refractivity contribution >= 4 is 12.4 Å². The van der Waals surface area contributed by atoms with Crippen LogP contribution in [0.1, 0.15) is 19.4 Å². The van der Waals surface area contributed by atoms with Gasteiger partial charge in [-0.1, -0.05) is 0 Å². The molecule has 0 aliphatic rings. The lowest BCUT2D eigenvalue weighted by Gasteiger charge is -2.17. The number of methoxy groups -OCH3 is 2. The van der Waals surface area contributed by atoms with E-state index in [1.807, 2.05) is 26.0 Å². The summed E-state index contributed by atoms with van der Waals surface area (Å²) in [6.45, 7) is 4.52. The van der Waals surface area contributed by atoms with Crippen molar-refractivity contribution in [3.63, 3.8) is 0 Å². The molecule has 5 heteroatoms. The molecule has 0 aromatic heterocycles. The molecule has 2 N–H and O–H groups in total. The summed E-state index contributed by atoms with van der Waals surface area (Å²) in [6.07, 6.45) is 0.843. The Kier molecular flexibility index (Phi) is 7.55. The van der Waals surface area contributed by atoms with Crippen molar-refractivity contribution in [1.29, 1.82) is 0 Å². The van der Waals surface area contributed by atoms with Gasteiger partial charge in [0.15, 0.2) is 11.5 Å². The summed E-state index contributed by atoms with van der Waals surface area (Å²) in [5, 5.41) is 0. The van der Waals surface area contributed by atoms with Crippen LogP contribution in [0.2, 0.25) is 0 Å². The zero-order valence-corrected chi connectivity index (χ0v) is 12.2. The number of nitrogens with two attached hydrogens (primary N) is 1. The van der Waals surface area contributed by atoms with Gasteiger partial charge in [-0.3, -0.25) is 0 Å². The first-order valence-electron chi connectivity index (χ1n) is 5.74. The molecule has 0 aliphatic carbocycles. The summed E-state index contributed by atoms with van der Waals surface area (Å²) in [5.41, 5.74) is 6.60. The van der Waals surface area contributed by atoms with Crippen molar-refractivity contribution in [3.05, 3.63) is 17.7 Å². The molecule has 0 heterocycles. The molecule has 0 aliphatic heterocycles. The van der Waals surface area contributed by atoms with Crippen molar-refractivity contribution in [2.75, 3.05) is 20.8 Å². The fourth-order valence-electron chi connectivity index (χ4n) is 1.63. The minimum Gasteiger partial charge on any atom is -0.496 e. The van der Waals surface area contributed by atoms with E-state index in [0.29, 0.717) is 18.0 Å². The number of benzene rings is 1. The highest BCUT2D eigenvalue weighted by Gasteiger charge is 2.12. The highest BCUT2D eigenvalue weighted by molar-refractivity contribution is 5.85. The van der Waals surface area contributed by atoms with Crippen molar-refractivity contribution < 1.29 is 14.2 Å². The van der Waals surface area contributed by atoms with Crippen LogP contribution < -0.4 is 19.9 Å². The zero-order chi connectivity index (χ0) is 12.8. The van der Waals surface area contributed by atoms with Gasteiger partial charge in [0, 0.05) is 6.07 Å².